The molecule has 0 saturated carbocycles. The summed E-state index contributed by atoms with van der Waals surface area (Å²) in [4.78, 5) is 27.5. The average Bonchev–Trinajstić information content (AvgIpc) is 3.24. The maximum absolute atomic E-state index is 11.6. The number of unbranched alkanes of at least 4 members (excludes halogenated alkanes) is 1. The Labute approximate surface area is 224 Å². The topological polar surface area (TPSA) is 95.7 Å². The minimum absolute atomic E-state index is 0.318. The Balaban J connectivity index is 0.000000532. The third-order valence-corrected chi connectivity index (χ3v) is 6.09. The number of anilines is 1. The van der Waals surface area contributed by atoms with Gasteiger partial charge in [-0.1, -0.05) is 55.8 Å². The highest BCUT2D eigenvalue weighted by atomic mass is 19.4. The van der Waals surface area contributed by atoms with Crippen molar-refractivity contribution >= 4 is 28.7 Å². The largest absolute Gasteiger partial charge is 0.490 e. The van der Waals surface area contributed by atoms with E-state index in [0.29, 0.717) is 5.56 Å². The summed E-state index contributed by atoms with van der Waals surface area (Å²) in [7, 11) is 4.10. The van der Waals surface area contributed by atoms with Crippen LogP contribution in [-0.4, -0.2) is 52.0 Å². The zero-order chi connectivity index (χ0) is 28.7. The van der Waals surface area contributed by atoms with E-state index < -0.39 is 18.1 Å². The molecule has 206 valence electrons. The van der Waals surface area contributed by atoms with Crippen LogP contribution in [0.15, 0.2) is 66.7 Å². The summed E-state index contributed by atoms with van der Waals surface area (Å²) in [5.41, 5.74) is 6.44. The van der Waals surface area contributed by atoms with Crippen LogP contribution in [0.4, 0.5) is 18.9 Å². The van der Waals surface area contributed by atoms with Gasteiger partial charge >= 0.3 is 18.1 Å². The van der Waals surface area contributed by atoms with E-state index in [1.807, 2.05) is 38.4 Å². The van der Waals surface area contributed by atoms with E-state index in [-0.39, 0.29) is 0 Å². The van der Waals surface area contributed by atoms with E-state index in [9.17, 15) is 23.1 Å². The average molecular weight is 542 g/mol. The number of nitrogens with zero attached hydrogens (tertiary/aromatic N) is 3. The van der Waals surface area contributed by atoms with Crippen molar-refractivity contribution in [1.29, 1.82) is 0 Å². The van der Waals surface area contributed by atoms with Crippen LogP contribution in [0.1, 0.15) is 41.5 Å². The van der Waals surface area contributed by atoms with Crippen LogP contribution in [0.5, 0.6) is 0 Å². The molecule has 0 aliphatic heterocycles. The molecule has 0 radical (unpaired) electrons. The number of carbonyl (C=O) groups is 2. The molecule has 1 heterocycles. The van der Waals surface area contributed by atoms with Crippen molar-refractivity contribution in [2.24, 2.45) is 0 Å². The fourth-order valence-corrected chi connectivity index (χ4v) is 4.03. The summed E-state index contributed by atoms with van der Waals surface area (Å²) >= 11 is 0. The highest BCUT2D eigenvalue weighted by Crippen LogP contribution is 2.27. The molecule has 39 heavy (non-hydrogen) atoms. The number of aliphatic carboxylic acids is 1. The van der Waals surface area contributed by atoms with Crippen molar-refractivity contribution in [2.45, 2.75) is 38.9 Å². The molecule has 1 aromatic heterocycles. The van der Waals surface area contributed by atoms with Crippen LogP contribution in [0.2, 0.25) is 0 Å². The number of alkyl halides is 3. The van der Waals surface area contributed by atoms with Crippen LogP contribution in [0.3, 0.4) is 0 Å². The summed E-state index contributed by atoms with van der Waals surface area (Å²) in [6.07, 6.45) is -1.90. The van der Waals surface area contributed by atoms with Crippen molar-refractivity contribution in [3.63, 3.8) is 0 Å². The minimum atomic E-state index is -5.08. The van der Waals surface area contributed by atoms with Gasteiger partial charge in [0.05, 0.1) is 16.6 Å². The number of carboxylic acid groups (broad SMARTS) is 2. The maximum Gasteiger partial charge on any atom is 0.490 e. The SMILES string of the molecule is CCCCc1nc2ccc(N(C)C)cc2n1Cc1ccc(-c2ccccc2C(=O)O)cc1.O=C(O)C(F)(F)F. The summed E-state index contributed by atoms with van der Waals surface area (Å²) in [6, 6.07) is 21.7. The minimum Gasteiger partial charge on any atom is -0.478 e. The molecule has 0 saturated heterocycles. The molecule has 0 atom stereocenters. The van der Waals surface area contributed by atoms with E-state index in [0.717, 1.165) is 65.0 Å². The Morgan fingerprint density at radius 3 is 2.18 bits per heavy atom. The third kappa shape index (κ3) is 7.37. The van der Waals surface area contributed by atoms with Crippen molar-refractivity contribution in [3.8, 4) is 11.1 Å². The highest BCUT2D eigenvalue weighted by molar-refractivity contribution is 5.96. The number of aromatic carboxylic acids is 1. The summed E-state index contributed by atoms with van der Waals surface area (Å²) in [5, 5.41) is 16.6. The van der Waals surface area contributed by atoms with E-state index in [2.05, 4.69) is 46.7 Å². The Morgan fingerprint density at radius 2 is 1.62 bits per heavy atom. The first-order valence-electron chi connectivity index (χ1n) is 12.3. The van der Waals surface area contributed by atoms with Gasteiger partial charge in [-0.05, 0) is 47.4 Å². The first kappa shape index (κ1) is 29.2. The number of fused-ring (bicyclic) bond motifs is 1. The lowest BCUT2D eigenvalue weighted by atomic mass is 9.99. The van der Waals surface area contributed by atoms with Gasteiger partial charge in [-0.3, -0.25) is 0 Å². The van der Waals surface area contributed by atoms with Gasteiger partial charge in [0, 0.05) is 32.7 Å². The van der Waals surface area contributed by atoms with Gasteiger partial charge in [0.1, 0.15) is 5.82 Å². The number of hydrogen-bond acceptors (Lipinski definition) is 4. The molecule has 0 unspecified atom stereocenters. The smallest absolute Gasteiger partial charge is 0.478 e. The predicted molar refractivity (Wildman–Crippen MR) is 144 cm³/mol. The lowest BCUT2D eigenvalue weighted by Crippen LogP contribution is -2.21. The number of benzene rings is 3. The molecule has 0 aliphatic carbocycles. The lowest BCUT2D eigenvalue weighted by Gasteiger charge is -2.14. The fourth-order valence-electron chi connectivity index (χ4n) is 4.03. The molecule has 4 rings (SSSR count). The first-order valence-corrected chi connectivity index (χ1v) is 12.3. The monoisotopic (exact) mass is 541 g/mol. The Bertz CT molecular complexity index is 1440. The number of rotatable bonds is 8. The second-order valence-corrected chi connectivity index (χ2v) is 9.14. The van der Waals surface area contributed by atoms with Crippen LogP contribution in [0, 0.1) is 0 Å². The molecule has 0 aliphatic rings. The maximum atomic E-state index is 11.6. The van der Waals surface area contributed by atoms with Crippen molar-refractivity contribution in [2.75, 3.05) is 19.0 Å². The molecule has 0 amide bonds. The van der Waals surface area contributed by atoms with Crippen LogP contribution in [-0.2, 0) is 17.8 Å². The molecule has 0 fully saturated rings. The standard InChI is InChI=1S/C27H29N3O2.C2HF3O2/c1-4-5-10-26-28-24-16-15-21(29(2)3)17-25(24)30(26)18-19-11-13-20(14-12-19)22-8-6-7-9-23(22)27(31)32;3-2(4,5)1(6)7/h6-9,11-17H,4-5,10,18H2,1-3H3,(H,31,32);(H,6,7). The van der Waals surface area contributed by atoms with Gasteiger partial charge in [-0.25, -0.2) is 14.6 Å². The molecule has 10 heteroatoms. The van der Waals surface area contributed by atoms with Gasteiger partial charge in [0.15, 0.2) is 0 Å². The molecule has 3 aromatic carbocycles. The predicted octanol–water partition coefficient (Wildman–Crippen LogP) is 6.49. The summed E-state index contributed by atoms with van der Waals surface area (Å²) in [5.74, 6) is -2.56. The number of aryl methyl sites for hydroxylation is 1. The molecule has 0 bridgehead atoms. The number of aromatic nitrogens is 2. The van der Waals surface area contributed by atoms with Crippen molar-refractivity contribution in [3.05, 3.63) is 83.7 Å². The van der Waals surface area contributed by atoms with Gasteiger partial charge in [-0.2, -0.15) is 13.2 Å². The van der Waals surface area contributed by atoms with Crippen molar-refractivity contribution < 1.29 is 33.0 Å². The quantitative estimate of drug-likeness (QED) is 0.265. The Hall–Kier alpha value is -4.34. The third-order valence-electron chi connectivity index (χ3n) is 6.09. The van der Waals surface area contributed by atoms with E-state index in [1.54, 1.807) is 12.1 Å². The van der Waals surface area contributed by atoms with E-state index in [4.69, 9.17) is 14.9 Å². The zero-order valence-corrected chi connectivity index (χ0v) is 21.9. The van der Waals surface area contributed by atoms with E-state index in [1.165, 1.54) is 0 Å². The van der Waals surface area contributed by atoms with Gasteiger partial charge in [0.25, 0.3) is 0 Å². The molecule has 0 spiro atoms. The second-order valence-electron chi connectivity index (χ2n) is 9.14. The number of imidazole rings is 1. The Morgan fingerprint density at radius 1 is 0.974 bits per heavy atom. The Kier molecular flexibility index (Phi) is 9.34. The van der Waals surface area contributed by atoms with Crippen molar-refractivity contribution in [1.82, 2.24) is 9.55 Å². The van der Waals surface area contributed by atoms with Crippen LogP contribution >= 0.6 is 0 Å². The van der Waals surface area contributed by atoms with Crippen LogP contribution in [0.25, 0.3) is 22.2 Å². The van der Waals surface area contributed by atoms with Gasteiger partial charge in [-0.15, -0.1) is 0 Å². The first-order chi connectivity index (χ1) is 18.4. The molecular formula is C29H30F3N3O4. The molecule has 7 nitrogen and oxygen atoms in total. The number of hydrogen-bond donors (Lipinski definition) is 2. The number of carboxylic acids is 2. The van der Waals surface area contributed by atoms with Gasteiger partial charge < -0.3 is 19.7 Å². The van der Waals surface area contributed by atoms with Gasteiger partial charge in [0.2, 0.25) is 0 Å². The summed E-state index contributed by atoms with van der Waals surface area (Å²) in [6.45, 7) is 2.93. The second kappa shape index (κ2) is 12.5. The summed E-state index contributed by atoms with van der Waals surface area (Å²) < 4.78 is 34.1. The zero-order valence-electron chi connectivity index (χ0n) is 21.9. The van der Waals surface area contributed by atoms with E-state index >= 15 is 0 Å². The molecular weight excluding hydrogens is 511 g/mol. The fraction of sp³-hybridized carbons (Fsp3) is 0.276. The highest BCUT2D eigenvalue weighted by Gasteiger charge is 2.38. The number of halogens is 3. The lowest BCUT2D eigenvalue weighted by molar-refractivity contribution is -0.192. The normalized spacial score (nSPS) is 11.1. The molecule has 2 N–H and O–H groups in total. The van der Waals surface area contributed by atoms with Crippen LogP contribution < -0.4 is 4.90 Å². The molecule has 4 aromatic rings.